The smallest absolute Gasteiger partial charge is 0.319 e. The SMILES string of the molecule is O=C1NC(=O)[C@@]2(CCCCCc3ccccc32)N1. The Kier molecular flexibility index (Phi) is 2.58. The van der Waals surface area contributed by atoms with Crippen LogP contribution in [0, 0.1) is 0 Å². The number of benzene rings is 1. The molecule has 0 radical (unpaired) electrons. The van der Waals surface area contributed by atoms with Gasteiger partial charge >= 0.3 is 6.03 Å². The Morgan fingerprint density at radius 1 is 1.06 bits per heavy atom. The Morgan fingerprint density at radius 2 is 1.89 bits per heavy atom. The van der Waals surface area contributed by atoms with Gasteiger partial charge in [-0.3, -0.25) is 10.1 Å². The number of urea groups is 1. The number of amides is 3. The lowest BCUT2D eigenvalue weighted by Crippen LogP contribution is -2.45. The molecule has 1 spiro atoms. The summed E-state index contributed by atoms with van der Waals surface area (Å²) in [5, 5.41) is 5.22. The number of nitrogens with one attached hydrogen (secondary N) is 2. The first-order valence-electron chi connectivity index (χ1n) is 6.44. The third kappa shape index (κ3) is 1.60. The monoisotopic (exact) mass is 244 g/mol. The molecule has 0 bridgehead atoms. The van der Waals surface area contributed by atoms with Crippen molar-refractivity contribution >= 4 is 11.9 Å². The number of imide groups is 1. The predicted molar refractivity (Wildman–Crippen MR) is 67.0 cm³/mol. The highest BCUT2D eigenvalue weighted by Gasteiger charge is 2.48. The molecule has 1 aliphatic heterocycles. The third-order valence-corrected chi connectivity index (χ3v) is 3.92. The van der Waals surface area contributed by atoms with Gasteiger partial charge in [0.25, 0.3) is 5.91 Å². The summed E-state index contributed by atoms with van der Waals surface area (Å²) < 4.78 is 0. The van der Waals surface area contributed by atoms with Crippen LogP contribution in [0.3, 0.4) is 0 Å². The van der Waals surface area contributed by atoms with Crippen LogP contribution in [0.5, 0.6) is 0 Å². The van der Waals surface area contributed by atoms with Crippen molar-refractivity contribution in [2.24, 2.45) is 0 Å². The minimum Gasteiger partial charge on any atom is -0.319 e. The molecule has 1 aromatic rings. The maximum absolute atomic E-state index is 12.2. The first kappa shape index (κ1) is 11.3. The summed E-state index contributed by atoms with van der Waals surface area (Å²) in [7, 11) is 0. The summed E-state index contributed by atoms with van der Waals surface area (Å²) in [4.78, 5) is 23.7. The van der Waals surface area contributed by atoms with Crippen molar-refractivity contribution in [3.63, 3.8) is 0 Å². The minimum absolute atomic E-state index is 0.207. The molecule has 3 rings (SSSR count). The number of carbonyl (C=O) groups excluding carboxylic acids is 2. The summed E-state index contributed by atoms with van der Waals surface area (Å²) in [6.07, 6.45) is 4.85. The molecular formula is C14H16N2O2. The van der Waals surface area contributed by atoms with E-state index in [0.29, 0.717) is 6.42 Å². The molecule has 1 aliphatic carbocycles. The first-order chi connectivity index (χ1) is 8.72. The second kappa shape index (κ2) is 4.12. The van der Waals surface area contributed by atoms with Crippen molar-refractivity contribution in [2.75, 3.05) is 0 Å². The topological polar surface area (TPSA) is 58.2 Å². The van der Waals surface area contributed by atoms with Gasteiger partial charge in [-0.05, 0) is 30.4 Å². The maximum Gasteiger partial charge on any atom is 0.322 e. The number of fused-ring (bicyclic) bond motifs is 2. The quantitative estimate of drug-likeness (QED) is 0.684. The second-order valence-electron chi connectivity index (χ2n) is 5.03. The molecule has 1 saturated heterocycles. The van der Waals surface area contributed by atoms with Gasteiger partial charge < -0.3 is 5.32 Å². The van der Waals surface area contributed by atoms with Crippen LogP contribution in [0.2, 0.25) is 0 Å². The van der Waals surface area contributed by atoms with Crippen LogP contribution >= 0.6 is 0 Å². The van der Waals surface area contributed by atoms with Gasteiger partial charge in [-0.1, -0.05) is 37.1 Å². The zero-order valence-electron chi connectivity index (χ0n) is 10.2. The summed E-state index contributed by atoms with van der Waals surface area (Å²) in [5.74, 6) is -0.207. The number of hydrogen-bond acceptors (Lipinski definition) is 2. The van der Waals surface area contributed by atoms with Gasteiger partial charge in [-0.2, -0.15) is 0 Å². The Hall–Kier alpha value is -1.84. The van der Waals surface area contributed by atoms with Crippen LogP contribution in [0.4, 0.5) is 4.79 Å². The van der Waals surface area contributed by atoms with Gasteiger partial charge in [0.2, 0.25) is 0 Å². The standard InChI is InChI=1S/C14H16N2O2/c17-12-14(16-13(18)15-12)9-5-1-2-6-10-7-3-4-8-11(10)14/h3-4,7-8H,1-2,5-6,9H2,(H2,15,16,17,18)/t14-/m0/s1. The van der Waals surface area contributed by atoms with Gasteiger partial charge in [0, 0.05) is 0 Å². The molecule has 1 heterocycles. The van der Waals surface area contributed by atoms with E-state index in [-0.39, 0.29) is 11.9 Å². The molecule has 4 nitrogen and oxygen atoms in total. The van der Waals surface area contributed by atoms with Gasteiger partial charge in [0.15, 0.2) is 0 Å². The average Bonchev–Trinajstić information content (AvgIpc) is 2.63. The number of carbonyl (C=O) groups is 2. The molecule has 18 heavy (non-hydrogen) atoms. The lowest BCUT2D eigenvalue weighted by atomic mass is 9.79. The Morgan fingerprint density at radius 3 is 2.67 bits per heavy atom. The van der Waals surface area contributed by atoms with E-state index >= 15 is 0 Å². The molecule has 2 aliphatic rings. The molecule has 1 fully saturated rings. The fourth-order valence-corrected chi connectivity index (χ4v) is 3.03. The second-order valence-corrected chi connectivity index (χ2v) is 5.03. The van der Waals surface area contributed by atoms with Crippen molar-refractivity contribution in [1.29, 1.82) is 0 Å². The fourth-order valence-electron chi connectivity index (χ4n) is 3.03. The molecular weight excluding hydrogens is 228 g/mol. The van der Waals surface area contributed by atoms with Crippen molar-refractivity contribution in [1.82, 2.24) is 10.6 Å². The van der Waals surface area contributed by atoms with Crippen LogP contribution in [0.15, 0.2) is 24.3 Å². The normalized spacial score (nSPS) is 27.1. The van der Waals surface area contributed by atoms with Crippen LogP contribution in [0.1, 0.15) is 36.8 Å². The van der Waals surface area contributed by atoms with E-state index in [2.05, 4.69) is 16.7 Å². The molecule has 94 valence electrons. The summed E-state index contributed by atoms with van der Waals surface area (Å²) in [6, 6.07) is 7.56. The molecule has 4 heteroatoms. The van der Waals surface area contributed by atoms with Crippen molar-refractivity contribution < 1.29 is 9.59 Å². The molecule has 3 amide bonds. The average molecular weight is 244 g/mol. The number of rotatable bonds is 0. The number of hydrogen-bond donors (Lipinski definition) is 2. The summed E-state index contributed by atoms with van der Waals surface area (Å²) in [5.41, 5.74) is 1.30. The lowest BCUT2D eigenvalue weighted by Gasteiger charge is -2.30. The molecule has 2 N–H and O–H groups in total. The largest absolute Gasteiger partial charge is 0.322 e. The number of aryl methyl sites for hydroxylation is 1. The predicted octanol–water partition coefficient (Wildman–Crippen LogP) is 1.84. The van der Waals surface area contributed by atoms with Gasteiger partial charge in [-0.15, -0.1) is 0 Å². The van der Waals surface area contributed by atoms with Gasteiger partial charge in [0.05, 0.1) is 0 Å². The molecule has 0 unspecified atom stereocenters. The van der Waals surface area contributed by atoms with E-state index in [1.807, 2.05) is 18.2 Å². The highest BCUT2D eigenvalue weighted by molar-refractivity contribution is 6.07. The van der Waals surface area contributed by atoms with E-state index < -0.39 is 5.54 Å². The molecule has 0 aromatic heterocycles. The third-order valence-electron chi connectivity index (χ3n) is 3.92. The van der Waals surface area contributed by atoms with Crippen LogP contribution in [0.25, 0.3) is 0 Å². The minimum atomic E-state index is -0.839. The van der Waals surface area contributed by atoms with Crippen molar-refractivity contribution in [3.05, 3.63) is 35.4 Å². The summed E-state index contributed by atoms with van der Waals surface area (Å²) in [6.45, 7) is 0. The zero-order valence-corrected chi connectivity index (χ0v) is 10.2. The molecule has 0 saturated carbocycles. The van der Waals surface area contributed by atoms with E-state index in [9.17, 15) is 9.59 Å². The lowest BCUT2D eigenvalue weighted by molar-refractivity contribution is -0.124. The highest BCUT2D eigenvalue weighted by atomic mass is 16.2. The Labute approximate surface area is 106 Å². The van der Waals surface area contributed by atoms with Gasteiger partial charge in [-0.25, -0.2) is 4.79 Å². The Balaban J connectivity index is 2.14. The van der Waals surface area contributed by atoms with Crippen LogP contribution < -0.4 is 10.6 Å². The Bertz CT molecular complexity index is 512. The zero-order chi connectivity index (χ0) is 12.6. The van der Waals surface area contributed by atoms with Crippen LogP contribution in [-0.2, 0) is 16.8 Å². The summed E-state index contributed by atoms with van der Waals surface area (Å²) >= 11 is 0. The van der Waals surface area contributed by atoms with E-state index in [1.165, 1.54) is 5.56 Å². The maximum atomic E-state index is 12.2. The van der Waals surface area contributed by atoms with E-state index in [4.69, 9.17) is 0 Å². The van der Waals surface area contributed by atoms with Crippen LogP contribution in [-0.4, -0.2) is 11.9 Å². The van der Waals surface area contributed by atoms with Gasteiger partial charge in [0.1, 0.15) is 5.54 Å². The fraction of sp³-hybridized carbons (Fsp3) is 0.429. The molecule has 1 aromatic carbocycles. The highest BCUT2D eigenvalue weighted by Crippen LogP contribution is 2.35. The van der Waals surface area contributed by atoms with E-state index in [1.54, 1.807) is 0 Å². The van der Waals surface area contributed by atoms with E-state index in [0.717, 1.165) is 31.2 Å². The first-order valence-corrected chi connectivity index (χ1v) is 6.44. The van der Waals surface area contributed by atoms with Crippen molar-refractivity contribution in [2.45, 2.75) is 37.6 Å². The van der Waals surface area contributed by atoms with Crippen molar-refractivity contribution in [3.8, 4) is 0 Å². The molecule has 1 atom stereocenters.